The zero-order valence-electron chi connectivity index (χ0n) is 8.98. The molecule has 0 radical (unpaired) electrons. The van der Waals surface area contributed by atoms with Crippen LogP contribution in [-0.2, 0) is 10.0 Å². The van der Waals surface area contributed by atoms with Crippen LogP contribution in [0.3, 0.4) is 0 Å². The molecule has 1 aromatic carbocycles. The zero-order chi connectivity index (χ0) is 12.2. The van der Waals surface area contributed by atoms with Crippen LogP contribution in [0.1, 0.15) is 18.5 Å². The van der Waals surface area contributed by atoms with Gasteiger partial charge in [0.1, 0.15) is 0 Å². The predicted octanol–water partition coefficient (Wildman–Crippen LogP) is 1.28. The largest absolute Gasteiger partial charge is 0.329 e. The summed E-state index contributed by atoms with van der Waals surface area (Å²) in [4.78, 5) is 0. The highest BCUT2D eigenvalue weighted by Gasteiger charge is 2.18. The van der Waals surface area contributed by atoms with E-state index < -0.39 is 16.1 Å². The van der Waals surface area contributed by atoms with Gasteiger partial charge in [0.05, 0.1) is 11.8 Å². The average molecular weight is 263 g/mol. The summed E-state index contributed by atoms with van der Waals surface area (Å²) in [5, 5.41) is 0.511. The van der Waals surface area contributed by atoms with Crippen molar-refractivity contribution in [1.29, 1.82) is 0 Å². The third-order valence-corrected chi connectivity index (χ3v) is 3.97. The molecule has 0 fully saturated rings. The van der Waals surface area contributed by atoms with Crippen LogP contribution in [0.25, 0.3) is 0 Å². The van der Waals surface area contributed by atoms with E-state index in [2.05, 4.69) is 4.72 Å². The van der Waals surface area contributed by atoms with Crippen LogP contribution in [0.5, 0.6) is 0 Å². The Morgan fingerprint density at radius 2 is 2.06 bits per heavy atom. The molecule has 0 amide bonds. The van der Waals surface area contributed by atoms with Gasteiger partial charge in [-0.15, -0.1) is 0 Å². The number of nitrogens with one attached hydrogen (secondary N) is 1. The third-order valence-electron chi connectivity index (χ3n) is 2.22. The van der Waals surface area contributed by atoms with Crippen LogP contribution in [0, 0.1) is 0 Å². The highest BCUT2D eigenvalue weighted by atomic mass is 35.5. The number of halogens is 1. The van der Waals surface area contributed by atoms with Gasteiger partial charge in [-0.3, -0.25) is 0 Å². The van der Waals surface area contributed by atoms with Crippen LogP contribution >= 0.6 is 11.6 Å². The van der Waals surface area contributed by atoms with Crippen LogP contribution < -0.4 is 10.5 Å². The second-order valence-corrected chi connectivity index (χ2v) is 5.78. The Bertz CT molecular complexity index is 448. The lowest BCUT2D eigenvalue weighted by Gasteiger charge is -2.17. The first kappa shape index (κ1) is 13.4. The van der Waals surface area contributed by atoms with Crippen molar-refractivity contribution in [3.63, 3.8) is 0 Å². The summed E-state index contributed by atoms with van der Waals surface area (Å²) >= 11 is 5.98. The van der Waals surface area contributed by atoms with Crippen molar-refractivity contribution in [3.05, 3.63) is 34.9 Å². The molecule has 0 saturated heterocycles. The summed E-state index contributed by atoms with van der Waals surface area (Å²) in [6.45, 7) is 1.74. The number of benzene rings is 1. The van der Waals surface area contributed by atoms with Gasteiger partial charge >= 0.3 is 0 Å². The molecule has 6 heteroatoms. The lowest BCUT2D eigenvalue weighted by atomic mass is 10.1. The maximum Gasteiger partial charge on any atom is 0.211 e. The Hall–Kier alpha value is -0.620. The monoisotopic (exact) mass is 262 g/mol. The second-order valence-electron chi connectivity index (χ2n) is 3.33. The van der Waals surface area contributed by atoms with E-state index in [1.807, 2.05) is 0 Å². The van der Waals surface area contributed by atoms with Crippen molar-refractivity contribution in [2.24, 2.45) is 5.73 Å². The van der Waals surface area contributed by atoms with Crippen molar-refractivity contribution >= 4 is 21.6 Å². The van der Waals surface area contributed by atoms with E-state index in [0.717, 1.165) is 0 Å². The Labute approximate surface area is 101 Å². The smallest absolute Gasteiger partial charge is 0.211 e. The Balaban J connectivity index is 2.96. The molecule has 0 bridgehead atoms. The van der Waals surface area contributed by atoms with Crippen LogP contribution in [0.2, 0.25) is 5.02 Å². The van der Waals surface area contributed by atoms with Gasteiger partial charge in [-0.25, -0.2) is 13.1 Å². The summed E-state index contributed by atoms with van der Waals surface area (Å²) in [5.74, 6) is 0.0218. The average Bonchev–Trinajstić information content (AvgIpc) is 2.27. The van der Waals surface area contributed by atoms with Gasteiger partial charge in [-0.1, -0.05) is 29.8 Å². The van der Waals surface area contributed by atoms with Gasteiger partial charge < -0.3 is 5.73 Å². The molecule has 0 unspecified atom stereocenters. The molecular formula is C10H15ClN2O2S. The molecule has 0 saturated carbocycles. The van der Waals surface area contributed by atoms with Gasteiger partial charge in [0.25, 0.3) is 0 Å². The Morgan fingerprint density at radius 3 is 2.56 bits per heavy atom. The summed E-state index contributed by atoms with van der Waals surface area (Å²) in [7, 11) is -3.28. The molecule has 0 aliphatic rings. The zero-order valence-corrected chi connectivity index (χ0v) is 10.6. The number of hydrogen-bond donors (Lipinski definition) is 2. The van der Waals surface area contributed by atoms with Crippen LogP contribution in [0.4, 0.5) is 0 Å². The van der Waals surface area contributed by atoms with E-state index in [1.54, 1.807) is 31.2 Å². The fourth-order valence-corrected chi connectivity index (χ4v) is 2.39. The van der Waals surface area contributed by atoms with Crippen molar-refractivity contribution in [2.45, 2.75) is 13.0 Å². The molecule has 0 aliphatic carbocycles. The molecule has 0 aliphatic heterocycles. The van der Waals surface area contributed by atoms with Crippen molar-refractivity contribution in [1.82, 2.24) is 4.72 Å². The normalized spacial score (nSPS) is 13.7. The maximum atomic E-state index is 11.4. The van der Waals surface area contributed by atoms with E-state index in [1.165, 1.54) is 0 Å². The van der Waals surface area contributed by atoms with E-state index in [0.29, 0.717) is 10.6 Å². The predicted molar refractivity (Wildman–Crippen MR) is 65.8 cm³/mol. The summed E-state index contributed by atoms with van der Waals surface area (Å²) in [5.41, 5.74) is 6.25. The molecule has 16 heavy (non-hydrogen) atoms. The molecule has 0 spiro atoms. The number of sulfonamides is 1. The van der Waals surface area contributed by atoms with Crippen LogP contribution in [-0.4, -0.2) is 20.7 Å². The quantitative estimate of drug-likeness (QED) is 0.840. The maximum absolute atomic E-state index is 11.4. The summed E-state index contributed by atoms with van der Waals surface area (Å²) < 4.78 is 25.4. The molecule has 1 rings (SSSR count). The molecule has 90 valence electrons. The highest BCUT2D eigenvalue weighted by Crippen LogP contribution is 2.22. The van der Waals surface area contributed by atoms with Gasteiger partial charge in [-0.05, 0) is 18.6 Å². The Kier molecular flexibility index (Phi) is 4.73. The minimum Gasteiger partial charge on any atom is -0.329 e. The second kappa shape index (κ2) is 5.63. The van der Waals surface area contributed by atoms with E-state index >= 15 is 0 Å². The minimum atomic E-state index is -3.28. The lowest BCUT2D eigenvalue weighted by Crippen LogP contribution is -2.34. The lowest BCUT2D eigenvalue weighted by molar-refractivity contribution is 0.559. The fraction of sp³-hybridized carbons (Fsp3) is 0.400. The molecule has 0 aromatic heterocycles. The minimum absolute atomic E-state index is 0.0218. The molecular weight excluding hydrogens is 248 g/mol. The molecule has 1 atom stereocenters. The van der Waals surface area contributed by atoms with Gasteiger partial charge in [0.2, 0.25) is 10.0 Å². The van der Waals surface area contributed by atoms with Gasteiger partial charge in [-0.2, -0.15) is 0 Å². The van der Waals surface area contributed by atoms with Gasteiger partial charge in [0, 0.05) is 11.6 Å². The van der Waals surface area contributed by atoms with E-state index in [9.17, 15) is 8.42 Å². The van der Waals surface area contributed by atoms with E-state index in [4.69, 9.17) is 17.3 Å². The number of hydrogen-bond acceptors (Lipinski definition) is 3. The SMILES string of the molecule is CCS(=O)(=O)N[C@H](CN)c1ccccc1Cl. The molecule has 0 heterocycles. The molecule has 1 aromatic rings. The van der Waals surface area contributed by atoms with E-state index in [-0.39, 0.29) is 12.3 Å². The fourth-order valence-electron chi connectivity index (χ4n) is 1.30. The first-order valence-corrected chi connectivity index (χ1v) is 6.97. The van der Waals surface area contributed by atoms with Crippen molar-refractivity contribution in [3.8, 4) is 0 Å². The number of rotatable bonds is 5. The molecule has 3 N–H and O–H groups in total. The topological polar surface area (TPSA) is 72.2 Å². The number of nitrogens with two attached hydrogens (primary N) is 1. The summed E-state index contributed by atoms with van der Waals surface area (Å²) in [6.07, 6.45) is 0. The van der Waals surface area contributed by atoms with Crippen LogP contribution in [0.15, 0.2) is 24.3 Å². The third kappa shape index (κ3) is 3.45. The van der Waals surface area contributed by atoms with Gasteiger partial charge in [0.15, 0.2) is 0 Å². The summed E-state index contributed by atoms with van der Waals surface area (Å²) in [6, 6.07) is 6.58. The highest BCUT2D eigenvalue weighted by molar-refractivity contribution is 7.89. The first-order valence-electron chi connectivity index (χ1n) is 4.94. The van der Waals surface area contributed by atoms with Crippen molar-refractivity contribution < 1.29 is 8.42 Å². The van der Waals surface area contributed by atoms with Crippen molar-refractivity contribution in [2.75, 3.05) is 12.3 Å². The Morgan fingerprint density at radius 1 is 1.44 bits per heavy atom. The molecule has 4 nitrogen and oxygen atoms in total. The standard InChI is InChI=1S/C10H15ClN2O2S/c1-2-16(14,15)13-10(7-12)8-5-3-4-6-9(8)11/h3-6,10,13H,2,7,12H2,1H3/t10-/m1/s1. The first-order chi connectivity index (χ1) is 7.50.